The van der Waals surface area contributed by atoms with Crippen LogP contribution in [0.2, 0.25) is 0 Å². The SMILES string of the molecule is CC1OCCC1CNCCC1CCNC1. The van der Waals surface area contributed by atoms with E-state index in [-0.39, 0.29) is 0 Å². The molecule has 2 fully saturated rings. The summed E-state index contributed by atoms with van der Waals surface area (Å²) >= 11 is 0. The van der Waals surface area contributed by atoms with E-state index in [0.717, 1.165) is 25.0 Å². The molecule has 3 unspecified atom stereocenters. The number of hydrogen-bond donors (Lipinski definition) is 2. The standard InChI is InChI=1S/C12H24N2O/c1-10-12(4-7-15-10)9-14-6-3-11-2-5-13-8-11/h10-14H,2-9H2,1H3. The fourth-order valence-electron chi connectivity index (χ4n) is 2.60. The molecule has 0 bridgehead atoms. The second-order valence-electron chi connectivity index (χ2n) is 4.98. The lowest BCUT2D eigenvalue weighted by molar-refractivity contribution is 0.105. The van der Waals surface area contributed by atoms with Gasteiger partial charge in [0.25, 0.3) is 0 Å². The van der Waals surface area contributed by atoms with E-state index < -0.39 is 0 Å². The van der Waals surface area contributed by atoms with Gasteiger partial charge in [-0.3, -0.25) is 0 Å². The van der Waals surface area contributed by atoms with Gasteiger partial charge in [0.05, 0.1) is 6.10 Å². The molecule has 0 saturated carbocycles. The van der Waals surface area contributed by atoms with Crippen molar-refractivity contribution in [3.05, 3.63) is 0 Å². The van der Waals surface area contributed by atoms with Crippen molar-refractivity contribution in [2.75, 3.05) is 32.8 Å². The molecule has 3 nitrogen and oxygen atoms in total. The highest BCUT2D eigenvalue weighted by molar-refractivity contribution is 4.76. The first-order chi connectivity index (χ1) is 7.36. The maximum absolute atomic E-state index is 5.55. The van der Waals surface area contributed by atoms with E-state index in [4.69, 9.17) is 4.74 Å². The largest absolute Gasteiger partial charge is 0.378 e. The van der Waals surface area contributed by atoms with E-state index in [9.17, 15) is 0 Å². The molecule has 2 aliphatic rings. The van der Waals surface area contributed by atoms with Crippen LogP contribution in [-0.4, -0.2) is 38.9 Å². The summed E-state index contributed by atoms with van der Waals surface area (Å²) in [5.41, 5.74) is 0. The summed E-state index contributed by atoms with van der Waals surface area (Å²) in [6.07, 6.45) is 4.39. The van der Waals surface area contributed by atoms with Gasteiger partial charge in [0.2, 0.25) is 0 Å². The van der Waals surface area contributed by atoms with Crippen molar-refractivity contribution >= 4 is 0 Å². The molecule has 0 aliphatic carbocycles. The first-order valence-electron chi connectivity index (χ1n) is 6.39. The number of nitrogens with one attached hydrogen (secondary N) is 2. The molecule has 0 spiro atoms. The number of ether oxygens (including phenoxy) is 1. The molecule has 0 aromatic heterocycles. The normalized spacial score (nSPS) is 36.2. The summed E-state index contributed by atoms with van der Waals surface area (Å²) in [6, 6.07) is 0. The lowest BCUT2D eigenvalue weighted by Crippen LogP contribution is -2.28. The van der Waals surface area contributed by atoms with Crippen LogP contribution in [0.3, 0.4) is 0 Å². The maximum atomic E-state index is 5.55. The maximum Gasteiger partial charge on any atom is 0.0588 e. The Balaban J connectivity index is 1.51. The van der Waals surface area contributed by atoms with Gasteiger partial charge in [-0.05, 0) is 57.7 Å². The molecule has 2 saturated heterocycles. The van der Waals surface area contributed by atoms with Crippen LogP contribution in [0.15, 0.2) is 0 Å². The summed E-state index contributed by atoms with van der Waals surface area (Å²) in [4.78, 5) is 0. The molecule has 0 radical (unpaired) electrons. The Morgan fingerprint density at radius 3 is 3.00 bits per heavy atom. The highest BCUT2D eigenvalue weighted by atomic mass is 16.5. The topological polar surface area (TPSA) is 33.3 Å². The van der Waals surface area contributed by atoms with Crippen molar-refractivity contribution in [1.29, 1.82) is 0 Å². The summed E-state index contributed by atoms with van der Waals surface area (Å²) in [5.74, 6) is 1.65. The third-order valence-electron chi connectivity index (χ3n) is 3.83. The molecule has 15 heavy (non-hydrogen) atoms. The van der Waals surface area contributed by atoms with Gasteiger partial charge in [0.15, 0.2) is 0 Å². The van der Waals surface area contributed by atoms with Gasteiger partial charge in [0.1, 0.15) is 0 Å². The zero-order valence-electron chi connectivity index (χ0n) is 9.80. The molecule has 2 N–H and O–H groups in total. The predicted octanol–water partition coefficient (Wildman–Crippen LogP) is 1.00. The molecular formula is C12H24N2O. The molecule has 88 valence electrons. The van der Waals surface area contributed by atoms with Crippen LogP contribution in [0, 0.1) is 11.8 Å². The Morgan fingerprint density at radius 1 is 1.40 bits per heavy atom. The Morgan fingerprint density at radius 2 is 2.33 bits per heavy atom. The molecule has 2 heterocycles. The van der Waals surface area contributed by atoms with Gasteiger partial charge >= 0.3 is 0 Å². The van der Waals surface area contributed by atoms with Gasteiger partial charge in [0, 0.05) is 13.2 Å². The van der Waals surface area contributed by atoms with E-state index in [0.29, 0.717) is 6.10 Å². The van der Waals surface area contributed by atoms with Crippen LogP contribution >= 0.6 is 0 Å². The molecule has 3 heteroatoms. The summed E-state index contributed by atoms with van der Waals surface area (Å²) in [5, 5.41) is 6.99. The highest BCUT2D eigenvalue weighted by Crippen LogP contribution is 2.19. The second-order valence-corrected chi connectivity index (χ2v) is 4.98. The third kappa shape index (κ3) is 3.44. The molecule has 2 aliphatic heterocycles. The van der Waals surface area contributed by atoms with E-state index in [1.807, 2.05) is 0 Å². The van der Waals surface area contributed by atoms with Crippen LogP contribution in [0.25, 0.3) is 0 Å². The van der Waals surface area contributed by atoms with Gasteiger partial charge in [-0.1, -0.05) is 0 Å². The average molecular weight is 212 g/mol. The lowest BCUT2D eigenvalue weighted by Gasteiger charge is -2.15. The molecule has 2 rings (SSSR count). The van der Waals surface area contributed by atoms with Gasteiger partial charge in [-0.2, -0.15) is 0 Å². The van der Waals surface area contributed by atoms with E-state index >= 15 is 0 Å². The predicted molar refractivity (Wildman–Crippen MR) is 62.0 cm³/mol. The van der Waals surface area contributed by atoms with Crippen LogP contribution in [0.1, 0.15) is 26.2 Å². The number of hydrogen-bond acceptors (Lipinski definition) is 3. The average Bonchev–Trinajstić information content (AvgIpc) is 2.85. The van der Waals surface area contributed by atoms with Gasteiger partial charge < -0.3 is 15.4 Å². The Bertz CT molecular complexity index is 180. The quantitative estimate of drug-likeness (QED) is 0.667. The van der Waals surface area contributed by atoms with Crippen molar-refractivity contribution < 1.29 is 4.74 Å². The smallest absolute Gasteiger partial charge is 0.0588 e. The van der Waals surface area contributed by atoms with Crippen LogP contribution < -0.4 is 10.6 Å². The zero-order chi connectivity index (χ0) is 10.5. The Hall–Kier alpha value is -0.120. The zero-order valence-corrected chi connectivity index (χ0v) is 9.80. The first kappa shape index (κ1) is 11.4. The van der Waals surface area contributed by atoms with Crippen LogP contribution in [-0.2, 0) is 4.74 Å². The van der Waals surface area contributed by atoms with Gasteiger partial charge in [-0.25, -0.2) is 0 Å². The van der Waals surface area contributed by atoms with E-state index in [1.54, 1.807) is 0 Å². The third-order valence-corrected chi connectivity index (χ3v) is 3.83. The fourth-order valence-corrected chi connectivity index (χ4v) is 2.60. The van der Waals surface area contributed by atoms with E-state index in [2.05, 4.69) is 17.6 Å². The molecule has 0 aromatic carbocycles. The monoisotopic (exact) mass is 212 g/mol. The van der Waals surface area contributed by atoms with E-state index in [1.165, 1.54) is 38.9 Å². The molecular weight excluding hydrogens is 188 g/mol. The Kier molecular flexibility index (Phi) is 4.42. The first-order valence-corrected chi connectivity index (χ1v) is 6.39. The van der Waals surface area contributed by atoms with Crippen LogP contribution in [0.5, 0.6) is 0 Å². The molecule has 0 amide bonds. The Labute approximate surface area is 93.0 Å². The lowest BCUT2D eigenvalue weighted by atomic mass is 10.0. The minimum Gasteiger partial charge on any atom is -0.378 e. The van der Waals surface area contributed by atoms with Crippen molar-refractivity contribution in [2.24, 2.45) is 11.8 Å². The minimum absolute atomic E-state index is 0.464. The summed E-state index contributed by atoms with van der Waals surface area (Å²) < 4.78 is 5.55. The molecule has 0 aromatic rings. The summed E-state index contributed by atoms with van der Waals surface area (Å²) in [7, 11) is 0. The summed E-state index contributed by atoms with van der Waals surface area (Å²) in [6.45, 7) is 7.92. The second kappa shape index (κ2) is 5.83. The van der Waals surface area contributed by atoms with Crippen molar-refractivity contribution in [3.63, 3.8) is 0 Å². The highest BCUT2D eigenvalue weighted by Gasteiger charge is 2.23. The van der Waals surface area contributed by atoms with Gasteiger partial charge in [-0.15, -0.1) is 0 Å². The van der Waals surface area contributed by atoms with Crippen LogP contribution in [0.4, 0.5) is 0 Å². The van der Waals surface area contributed by atoms with Crippen molar-refractivity contribution in [3.8, 4) is 0 Å². The van der Waals surface area contributed by atoms with Crippen molar-refractivity contribution in [2.45, 2.75) is 32.3 Å². The molecule has 3 atom stereocenters. The minimum atomic E-state index is 0.464. The number of rotatable bonds is 5. The fraction of sp³-hybridized carbons (Fsp3) is 1.00. The van der Waals surface area contributed by atoms with Crippen molar-refractivity contribution in [1.82, 2.24) is 10.6 Å².